The van der Waals surface area contributed by atoms with Gasteiger partial charge in [-0.15, -0.1) is 0 Å². The van der Waals surface area contributed by atoms with Gasteiger partial charge in [-0.1, -0.05) is 22.0 Å². The molecule has 3 rings (SSSR count). The van der Waals surface area contributed by atoms with Crippen molar-refractivity contribution in [1.82, 2.24) is 5.32 Å². The SMILES string of the molecule is CCOP(=O)(OCC)C(CCC(=O)c1c(C)oc2ccc(Br)cc12)C(=O)NCCc1ccc(OC)c(OC)c1. The zero-order valence-corrected chi connectivity index (χ0v) is 25.4. The van der Waals surface area contributed by atoms with Crippen molar-refractivity contribution in [3.05, 3.63) is 57.8 Å². The van der Waals surface area contributed by atoms with E-state index in [0.29, 0.717) is 40.2 Å². The number of benzene rings is 2. The number of carbonyl (C=O) groups excluding carboxylic acids is 2. The molecule has 0 saturated carbocycles. The first-order valence-electron chi connectivity index (χ1n) is 12.8. The van der Waals surface area contributed by atoms with Gasteiger partial charge in [-0.05, 0) is 69.5 Å². The lowest BCUT2D eigenvalue weighted by molar-refractivity contribution is -0.121. The first-order valence-corrected chi connectivity index (χ1v) is 15.2. The Morgan fingerprint density at radius 2 is 1.72 bits per heavy atom. The maximum atomic E-state index is 13.7. The zero-order chi connectivity index (χ0) is 28.6. The molecule has 0 aliphatic carbocycles. The van der Waals surface area contributed by atoms with Gasteiger partial charge in [-0.2, -0.15) is 0 Å². The molecular weight excluding hydrogens is 589 g/mol. The number of rotatable bonds is 15. The molecule has 0 fully saturated rings. The van der Waals surface area contributed by atoms with Crippen LogP contribution in [0.15, 0.2) is 45.3 Å². The summed E-state index contributed by atoms with van der Waals surface area (Å²) in [4.78, 5) is 26.7. The molecule has 2 aromatic carbocycles. The third-order valence-electron chi connectivity index (χ3n) is 6.21. The number of nitrogens with one attached hydrogen (secondary N) is 1. The minimum Gasteiger partial charge on any atom is -0.493 e. The molecule has 0 aliphatic heterocycles. The largest absolute Gasteiger partial charge is 0.493 e. The Labute approximate surface area is 237 Å². The Morgan fingerprint density at radius 1 is 1.03 bits per heavy atom. The molecule has 212 valence electrons. The molecule has 1 amide bonds. The van der Waals surface area contributed by atoms with Gasteiger partial charge in [0.15, 0.2) is 17.3 Å². The molecule has 0 aliphatic rings. The number of methoxy groups -OCH3 is 2. The topological polar surface area (TPSA) is 113 Å². The van der Waals surface area contributed by atoms with Crippen molar-refractivity contribution in [2.75, 3.05) is 34.0 Å². The second-order valence-electron chi connectivity index (χ2n) is 8.76. The van der Waals surface area contributed by atoms with Crippen molar-refractivity contribution in [3.63, 3.8) is 0 Å². The summed E-state index contributed by atoms with van der Waals surface area (Å²) < 4.78 is 41.9. The predicted molar refractivity (Wildman–Crippen MR) is 153 cm³/mol. The van der Waals surface area contributed by atoms with E-state index in [2.05, 4.69) is 21.2 Å². The van der Waals surface area contributed by atoms with E-state index in [1.54, 1.807) is 47.1 Å². The fraction of sp³-hybridized carbons (Fsp3) is 0.429. The molecule has 1 N–H and O–H groups in total. The van der Waals surface area contributed by atoms with Gasteiger partial charge in [0.1, 0.15) is 17.0 Å². The highest BCUT2D eigenvalue weighted by atomic mass is 79.9. The molecule has 0 bridgehead atoms. The summed E-state index contributed by atoms with van der Waals surface area (Å²) in [7, 11) is -0.735. The van der Waals surface area contributed by atoms with E-state index in [1.807, 2.05) is 24.3 Å². The summed E-state index contributed by atoms with van der Waals surface area (Å²) in [6, 6.07) is 11.0. The lowest BCUT2D eigenvalue weighted by Gasteiger charge is -2.25. The van der Waals surface area contributed by atoms with Crippen LogP contribution in [0.5, 0.6) is 11.5 Å². The van der Waals surface area contributed by atoms with Gasteiger partial charge in [-0.25, -0.2) is 0 Å². The maximum Gasteiger partial charge on any atom is 0.343 e. The lowest BCUT2D eigenvalue weighted by atomic mass is 10.0. The van der Waals surface area contributed by atoms with Gasteiger partial charge in [-0.3, -0.25) is 14.2 Å². The van der Waals surface area contributed by atoms with E-state index in [-0.39, 0.29) is 38.4 Å². The van der Waals surface area contributed by atoms with Crippen molar-refractivity contribution in [2.45, 2.75) is 45.7 Å². The minimum atomic E-state index is -3.85. The number of furan rings is 1. The standard InChI is InChI=1S/C28H35BrNO8P/c1-6-36-39(33,37-7-2)26(28(32)30-15-14-19-8-11-24(34-4)25(16-19)35-5)13-10-22(31)27-18(3)38-23-12-9-20(29)17-21(23)27/h8-9,11-12,16-17,26H,6-7,10,13-15H2,1-5H3,(H,30,32). The molecule has 1 unspecified atom stereocenters. The Hall–Kier alpha value is -2.65. The number of aryl methyl sites for hydroxylation is 1. The lowest BCUT2D eigenvalue weighted by Crippen LogP contribution is -2.37. The number of ether oxygens (including phenoxy) is 2. The van der Waals surface area contributed by atoms with Crippen LogP contribution in [0, 0.1) is 6.92 Å². The Balaban J connectivity index is 1.77. The first kappa shape index (κ1) is 30.9. The number of Topliss-reactive ketones (excluding diaryl/α,β-unsaturated/α-hetero) is 1. The molecule has 11 heteroatoms. The van der Waals surface area contributed by atoms with Gasteiger partial charge in [0.05, 0.1) is 33.0 Å². The molecular formula is C28H35BrNO8P. The maximum absolute atomic E-state index is 13.7. The second kappa shape index (κ2) is 14.1. The number of hydrogen-bond acceptors (Lipinski definition) is 8. The highest BCUT2D eigenvalue weighted by Gasteiger charge is 2.41. The van der Waals surface area contributed by atoms with E-state index in [1.165, 1.54) is 0 Å². The summed E-state index contributed by atoms with van der Waals surface area (Å²) in [5.74, 6) is 0.972. The third-order valence-corrected chi connectivity index (χ3v) is 9.20. The van der Waals surface area contributed by atoms with Crippen LogP contribution in [-0.4, -0.2) is 51.3 Å². The molecule has 1 aromatic heterocycles. The number of ketones is 1. The number of carbonyl (C=O) groups is 2. The quantitative estimate of drug-likeness (QED) is 0.151. The highest BCUT2D eigenvalue weighted by Crippen LogP contribution is 2.54. The number of hydrogen-bond donors (Lipinski definition) is 1. The molecule has 1 atom stereocenters. The van der Waals surface area contributed by atoms with Crippen LogP contribution in [0.2, 0.25) is 0 Å². The smallest absolute Gasteiger partial charge is 0.343 e. The van der Waals surface area contributed by atoms with Crippen LogP contribution < -0.4 is 14.8 Å². The summed E-state index contributed by atoms with van der Waals surface area (Å²) in [5, 5.41) is 3.53. The van der Waals surface area contributed by atoms with Crippen LogP contribution >= 0.6 is 23.5 Å². The highest BCUT2D eigenvalue weighted by molar-refractivity contribution is 9.10. The van der Waals surface area contributed by atoms with E-state index >= 15 is 0 Å². The van der Waals surface area contributed by atoms with Crippen LogP contribution in [0.1, 0.15) is 48.4 Å². The zero-order valence-electron chi connectivity index (χ0n) is 22.9. The number of halogens is 1. The van der Waals surface area contributed by atoms with Crippen molar-refractivity contribution in [3.8, 4) is 11.5 Å². The molecule has 39 heavy (non-hydrogen) atoms. The van der Waals surface area contributed by atoms with Gasteiger partial charge in [0.2, 0.25) is 5.91 Å². The van der Waals surface area contributed by atoms with E-state index in [9.17, 15) is 14.2 Å². The number of amides is 1. The second-order valence-corrected chi connectivity index (χ2v) is 11.9. The Bertz CT molecular complexity index is 1340. The van der Waals surface area contributed by atoms with Crippen molar-refractivity contribution in [1.29, 1.82) is 0 Å². The first-order chi connectivity index (χ1) is 18.7. The van der Waals surface area contributed by atoms with Gasteiger partial charge in [0.25, 0.3) is 0 Å². The average molecular weight is 624 g/mol. The van der Waals surface area contributed by atoms with Gasteiger partial charge in [0, 0.05) is 22.8 Å². The molecule has 1 heterocycles. The predicted octanol–water partition coefficient (Wildman–Crippen LogP) is 6.48. The molecule has 3 aromatic rings. The minimum absolute atomic E-state index is 0.0155. The molecule has 9 nitrogen and oxygen atoms in total. The fourth-order valence-corrected chi connectivity index (χ4v) is 6.76. The Kier molecular flexibility index (Phi) is 11.2. The van der Waals surface area contributed by atoms with Gasteiger partial charge >= 0.3 is 7.60 Å². The van der Waals surface area contributed by atoms with Crippen LogP contribution in [0.4, 0.5) is 0 Å². The van der Waals surface area contributed by atoms with Crippen LogP contribution in [-0.2, 0) is 24.8 Å². The van der Waals surface area contributed by atoms with E-state index in [4.69, 9.17) is 22.9 Å². The van der Waals surface area contributed by atoms with E-state index in [0.717, 1.165) is 10.0 Å². The summed E-state index contributed by atoms with van der Waals surface area (Å²) in [6.07, 6.45) is 0.443. The van der Waals surface area contributed by atoms with Crippen molar-refractivity contribution < 1.29 is 37.1 Å². The van der Waals surface area contributed by atoms with Gasteiger partial charge < -0.3 is 28.3 Å². The molecule has 0 radical (unpaired) electrons. The third kappa shape index (κ3) is 7.51. The number of fused-ring (bicyclic) bond motifs is 1. The fourth-order valence-electron chi connectivity index (χ4n) is 4.43. The normalized spacial score (nSPS) is 12.4. The summed E-state index contributed by atoms with van der Waals surface area (Å²) in [5.41, 5.74) is 0.808. The molecule has 0 spiro atoms. The Morgan fingerprint density at radius 3 is 2.36 bits per heavy atom. The summed E-state index contributed by atoms with van der Waals surface area (Å²) in [6.45, 7) is 5.56. The van der Waals surface area contributed by atoms with Crippen molar-refractivity contribution >= 4 is 46.2 Å². The van der Waals surface area contributed by atoms with Crippen LogP contribution in [0.25, 0.3) is 11.0 Å². The van der Waals surface area contributed by atoms with E-state index < -0.39 is 19.2 Å². The monoisotopic (exact) mass is 623 g/mol. The van der Waals surface area contributed by atoms with Crippen molar-refractivity contribution in [2.24, 2.45) is 0 Å². The van der Waals surface area contributed by atoms with Crippen LogP contribution in [0.3, 0.4) is 0 Å². The molecule has 0 saturated heterocycles. The summed E-state index contributed by atoms with van der Waals surface area (Å²) >= 11 is 3.43. The average Bonchev–Trinajstić information content (AvgIpc) is 3.23.